The number of fused-ring (bicyclic) bond motifs is 1. The molecular weight excluding hydrogens is 401 g/mol. The molecule has 1 atom stereocenters. The monoisotopic (exact) mass is 421 g/mol. The van der Waals surface area contributed by atoms with Crippen LogP contribution in [0.3, 0.4) is 0 Å². The molecule has 4 heterocycles. The van der Waals surface area contributed by atoms with Gasteiger partial charge in [-0.15, -0.1) is 11.3 Å². The van der Waals surface area contributed by atoms with Gasteiger partial charge in [0.25, 0.3) is 5.56 Å². The number of pyridine rings is 1. The minimum atomic E-state index is -0.282. The maximum Gasteiger partial charge on any atom is 0.289 e. The molecule has 30 heavy (non-hydrogen) atoms. The standard InChI is InChI=1S/C22H20FN5OS/c1-24-17-8-9-27(13-17)20-7-6-18(12-25-20)28-22(29)21-15(11-26-28)10-19(30-21)14-2-4-16(23)5-3-14/h2-7,10-12,17,24H,8-9,13H2,1H3/t17-/m0/s1. The summed E-state index contributed by atoms with van der Waals surface area (Å²) < 4.78 is 15.2. The van der Waals surface area contributed by atoms with Crippen molar-refractivity contribution in [3.05, 3.63) is 71.0 Å². The molecule has 3 aromatic heterocycles. The van der Waals surface area contributed by atoms with Crippen LogP contribution in [0, 0.1) is 5.82 Å². The molecule has 152 valence electrons. The minimum Gasteiger partial charge on any atom is -0.355 e. The van der Waals surface area contributed by atoms with Gasteiger partial charge in [-0.2, -0.15) is 9.78 Å². The highest BCUT2D eigenvalue weighted by Crippen LogP contribution is 2.31. The molecule has 0 radical (unpaired) electrons. The van der Waals surface area contributed by atoms with Crippen molar-refractivity contribution in [1.82, 2.24) is 20.1 Å². The molecule has 8 heteroatoms. The smallest absolute Gasteiger partial charge is 0.289 e. The zero-order chi connectivity index (χ0) is 20.7. The third-order valence-electron chi connectivity index (χ3n) is 5.49. The lowest BCUT2D eigenvalue weighted by atomic mass is 10.2. The summed E-state index contributed by atoms with van der Waals surface area (Å²) in [5.74, 6) is 0.621. The molecule has 0 unspecified atom stereocenters. The first kappa shape index (κ1) is 18.9. The van der Waals surface area contributed by atoms with Crippen molar-refractivity contribution in [1.29, 1.82) is 0 Å². The van der Waals surface area contributed by atoms with E-state index in [4.69, 9.17) is 0 Å². The SMILES string of the molecule is CN[C@H]1CCN(c2ccc(-n3ncc4cc(-c5ccc(F)cc5)sc4c3=O)cn2)C1. The molecule has 0 spiro atoms. The van der Waals surface area contributed by atoms with Gasteiger partial charge in [-0.3, -0.25) is 4.79 Å². The quantitative estimate of drug-likeness (QED) is 0.547. The van der Waals surface area contributed by atoms with Crippen LogP contribution in [0.15, 0.2) is 59.7 Å². The fraction of sp³-hybridized carbons (Fsp3) is 0.227. The van der Waals surface area contributed by atoms with E-state index >= 15 is 0 Å². The second-order valence-corrected chi connectivity index (χ2v) is 8.41. The Morgan fingerprint density at radius 1 is 1.17 bits per heavy atom. The van der Waals surface area contributed by atoms with Gasteiger partial charge in [-0.25, -0.2) is 9.37 Å². The van der Waals surface area contributed by atoms with Gasteiger partial charge in [-0.05, 0) is 49.4 Å². The average Bonchev–Trinajstić information content (AvgIpc) is 3.42. The van der Waals surface area contributed by atoms with E-state index < -0.39 is 0 Å². The van der Waals surface area contributed by atoms with Crippen LogP contribution >= 0.6 is 11.3 Å². The average molecular weight is 422 g/mol. The lowest BCUT2D eigenvalue weighted by Crippen LogP contribution is -2.29. The van der Waals surface area contributed by atoms with Crippen molar-refractivity contribution in [2.45, 2.75) is 12.5 Å². The van der Waals surface area contributed by atoms with Crippen LogP contribution in [-0.4, -0.2) is 40.9 Å². The van der Waals surface area contributed by atoms with Crippen LogP contribution in [0.2, 0.25) is 0 Å². The first-order valence-electron chi connectivity index (χ1n) is 9.79. The lowest BCUT2D eigenvalue weighted by Gasteiger charge is -2.17. The van der Waals surface area contributed by atoms with Crippen LogP contribution in [0.1, 0.15) is 6.42 Å². The third-order valence-corrected chi connectivity index (χ3v) is 6.67. The van der Waals surface area contributed by atoms with Gasteiger partial charge >= 0.3 is 0 Å². The van der Waals surface area contributed by atoms with Crippen LogP contribution in [-0.2, 0) is 0 Å². The van der Waals surface area contributed by atoms with Gasteiger partial charge in [0, 0.05) is 29.4 Å². The summed E-state index contributed by atoms with van der Waals surface area (Å²) in [6.07, 6.45) is 4.47. The highest BCUT2D eigenvalue weighted by Gasteiger charge is 2.22. The number of thiophene rings is 1. The van der Waals surface area contributed by atoms with E-state index in [2.05, 4.69) is 20.3 Å². The van der Waals surface area contributed by atoms with Gasteiger partial charge in [0.1, 0.15) is 16.3 Å². The molecule has 1 saturated heterocycles. The van der Waals surface area contributed by atoms with E-state index in [1.807, 2.05) is 25.2 Å². The summed E-state index contributed by atoms with van der Waals surface area (Å²) in [7, 11) is 1.98. The van der Waals surface area contributed by atoms with E-state index in [0.29, 0.717) is 16.4 Å². The van der Waals surface area contributed by atoms with E-state index in [1.54, 1.807) is 24.5 Å². The maximum absolute atomic E-state index is 13.2. The number of anilines is 1. The Kier molecular flexibility index (Phi) is 4.80. The van der Waals surface area contributed by atoms with Crippen molar-refractivity contribution in [3.8, 4) is 16.1 Å². The molecule has 1 fully saturated rings. The van der Waals surface area contributed by atoms with Crippen LogP contribution in [0.4, 0.5) is 10.2 Å². The van der Waals surface area contributed by atoms with Crippen molar-refractivity contribution in [2.24, 2.45) is 0 Å². The summed E-state index contributed by atoms with van der Waals surface area (Å²) in [6, 6.07) is 12.5. The molecule has 5 rings (SSSR count). The van der Waals surface area contributed by atoms with Gasteiger partial charge in [0.2, 0.25) is 0 Å². The first-order valence-corrected chi connectivity index (χ1v) is 10.6. The van der Waals surface area contributed by atoms with Crippen molar-refractivity contribution in [2.75, 3.05) is 25.0 Å². The summed E-state index contributed by atoms with van der Waals surface area (Å²) in [5, 5.41) is 8.42. The third kappa shape index (κ3) is 3.38. The van der Waals surface area contributed by atoms with Crippen molar-refractivity contribution < 1.29 is 4.39 Å². The number of hydrogen-bond acceptors (Lipinski definition) is 6. The fourth-order valence-electron chi connectivity index (χ4n) is 3.77. The Hall–Kier alpha value is -3.10. The Morgan fingerprint density at radius 3 is 2.70 bits per heavy atom. The molecular formula is C22H20FN5OS. The summed E-state index contributed by atoms with van der Waals surface area (Å²) >= 11 is 1.39. The second-order valence-electron chi connectivity index (χ2n) is 7.36. The van der Waals surface area contributed by atoms with E-state index in [0.717, 1.165) is 41.2 Å². The summed E-state index contributed by atoms with van der Waals surface area (Å²) in [6.45, 7) is 1.89. The molecule has 0 amide bonds. The number of likely N-dealkylation sites (N-methyl/N-ethyl adjacent to an activating group) is 1. The molecule has 1 aromatic carbocycles. The van der Waals surface area contributed by atoms with E-state index in [-0.39, 0.29) is 11.4 Å². The zero-order valence-corrected chi connectivity index (χ0v) is 17.2. The molecule has 1 N–H and O–H groups in total. The predicted octanol–water partition coefficient (Wildman–Crippen LogP) is 3.45. The molecule has 1 aliphatic rings. The number of benzene rings is 1. The van der Waals surface area contributed by atoms with Crippen LogP contribution < -0.4 is 15.8 Å². The number of aromatic nitrogens is 3. The fourth-order valence-corrected chi connectivity index (χ4v) is 4.83. The molecule has 6 nitrogen and oxygen atoms in total. The zero-order valence-electron chi connectivity index (χ0n) is 16.4. The first-order chi connectivity index (χ1) is 14.6. The molecule has 1 aliphatic heterocycles. The predicted molar refractivity (Wildman–Crippen MR) is 118 cm³/mol. The van der Waals surface area contributed by atoms with Gasteiger partial charge < -0.3 is 10.2 Å². The number of hydrogen-bond donors (Lipinski definition) is 1. The molecule has 0 saturated carbocycles. The van der Waals surface area contributed by atoms with Gasteiger partial charge in [-0.1, -0.05) is 12.1 Å². The Bertz CT molecular complexity index is 1250. The Balaban J connectivity index is 1.46. The summed E-state index contributed by atoms with van der Waals surface area (Å²) in [5.41, 5.74) is 1.32. The van der Waals surface area contributed by atoms with Crippen LogP contribution in [0.5, 0.6) is 0 Å². The molecule has 0 bridgehead atoms. The number of nitrogens with one attached hydrogen (secondary N) is 1. The maximum atomic E-state index is 13.2. The molecule has 4 aromatic rings. The van der Waals surface area contributed by atoms with Crippen molar-refractivity contribution in [3.63, 3.8) is 0 Å². The number of nitrogens with zero attached hydrogens (tertiary/aromatic N) is 4. The van der Waals surface area contributed by atoms with Crippen LogP contribution in [0.25, 0.3) is 26.2 Å². The van der Waals surface area contributed by atoms with Gasteiger partial charge in [0.05, 0.1) is 18.1 Å². The highest BCUT2D eigenvalue weighted by atomic mass is 32.1. The normalized spacial score (nSPS) is 16.5. The van der Waals surface area contributed by atoms with Crippen molar-refractivity contribution >= 4 is 27.2 Å². The summed E-state index contributed by atoms with van der Waals surface area (Å²) in [4.78, 5) is 20.7. The number of halogens is 1. The highest BCUT2D eigenvalue weighted by molar-refractivity contribution is 7.22. The van der Waals surface area contributed by atoms with Gasteiger partial charge in [0.15, 0.2) is 0 Å². The lowest BCUT2D eigenvalue weighted by molar-refractivity contribution is 0.616. The molecule has 0 aliphatic carbocycles. The number of rotatable bonds is 4. The largest absolute Gasteiger partial charge is 0.355 e. The van der Waals surface area contributed by atoms with E-state index in [9.17, 15) is 9.18 Å². The van der Waals surface area contributed by atoms with E-state index in [1.165, 1.54) is 28.2 Å². The second kappa shape index (κ2) is 7.62. The Morgan fingerprint density at radius 2 is 2.00 bits per heavy atom. The minimum absolute atomic E-state index is 0.183. The topological polar surface area (TPSA) is 63.1 Å². The Labute approximate surface area is 176 Å².